The Morgan fingerprint density at radius 3 is 2.14 bits per heavy atom. The zero-order chi connectivity index (χ0) is 16.3. The average molecular weight is 313 g/mol. The van der Waals surface area contributed by atoms with Crippen molar-refractivity contribution in [3.05, 3.63) is 29.8 Å². The van der Waals surface area contributed by atoms with E-state index in [-0.39, 0.29) is 5.91 Å². The summed E-state index contributed by atoms with van der Waals surface area (Å²) in [6, 6.07) is 6.72. The van der Waals surface area contributed by atoms with Crippen molar-refractivity contribution in [2.75, 3.05) is 19.9 Å². The molecule has 0 heterocycles. The fourth-order valence-corrected chi connectivity index (χ4v) is 2.69. The Kier molecular flexibility index (Phi) is 5.53. The number of hydrogen-bond donors (Lipinski definition) is 0. The number of nitrogens with zero attached hydrogens (tertiary/aromatic N) is 1. The van der Waals surface area contributed by atoms with Crippen LogP contribution in [-0.4, -0.2) is 44.9 Å². The highest BCUT2D eigenvalue weighted by molar-refractivity contribution is 7.90. The van der Waals surface area contributed by atoms with E-state index >= 15 is 0 Å². The van der Waals surface area contributed by atoms with Crippen LogP contribution in [0.1, 0.15) is 26.3 Å². The second-order valence-electron chi connectivity index (χ2n) is 5.49. The summed E-state index contributed by atoms with van der Waals surface area (Å²) in [7, 11) is -1.61. The van der Waals surface area contributed by atoms with Crippen LogP contribution in [0.2, 0.25) is 0 Å². The van der Waals surface area contributed by atoms with E-state index in [0.29, 0.717) is 17.9 Å². The normalized spacial score (nSPS) is 12.2. The van der Waals surface area contributed by atoms with Crippen molar-refractivity contribution in [3.63, 3.8) is 0 Å². The van der Waals surface area contributed by atoms with Crippen LogP contribution in [0.15, 0.2) is 29.2 Å². The van der Waals surface area contributed by atoms with Crippen molar-refractivity contribution in [3.8, 4) is 0 Å². The molecule has 0 spiro atoms. The molecule has 0 aliphatic heterocycles. The largest absolute Gasteiger partial charge is 0.359 e. The van der Waals surface area contributed by atoms with Gasteiger partial charge in [-0.2, -0.15) is 0 Å². The Morgan fingerprint density at radius 2 is 1.76 bits per heavy atom. The van der Waals surface area contributed by atoms with Gasteiger partial charge in [-0.25, -0.2) is 8.42 Å². The van der Waals surface area contributed by atoms with Crippen LogP contribution in [0.25, 0.3) is 0 Å². The van der Waals surface area contributed by atoms with Crippen LogP contribution < -0.4 is 0 Å². The van der Waals surface area contributed by atoms with E-state index in [1.165, 1.54) is 13.2 Å². The predicted octanol–water partition coefficient (Wildman–Crippen LogP) is 1.86. The lowest BCUT2D eigenvalue weighted by Crippen LogP contribution is -2.49. The monoisotopic (exact) mass is 313 g/mol. The molecule has 0 unspecified atom stereocenters. The highest BCUT2D eigenvalue weighted by Gasteiger charge is 2.27. The molecule has 6 heteroatoms. The molecular formula is C15H23NO4S. The number of methoxy groups -OCH3 is 1. The molecule has 0 radical (unpaired) electrons. The molecule has 1 aromatic carbocycles. The number of carbonyl (C=O) groups excluding carboxylic acids is 1. The zero-order valence-electron chi connectivity index (χ0n) is 13.2. The number of ether oxygens (including phenoxy) is 1. The first-order chi connectivity index (χ1) is 9.58. The minimum atomic E-state index is -3.18. The lowest BCUT2D eigenvalue weighted by molar-refractivity contribution is -0.157. The van der Waals surface area contributed by atoms with Gasteiger partial charge in [0.25, 0.3) is 0 Å². The molecule has 0 aliphatic carbocycles. The maximum Gasteiger partial charge on any atom is 0.221 e. The van der Waals surface area contributed by atoms with Gasteiger partial charge in [-0.1, -0.05) is 12.1 Å². The van der Waals surface area contributed by atoms with Crippen molar-refractivity contribution in [1.82, 2.24) is 4.90 Å². The molecule has 5 nitrogen and oxygen atoms in total. The molecule has 0 aliphatic rings. The van der Waals surface area contributed by atoms with E-state index in [9.17, 15) is 13.2 Å². The van der Waals surface area contributed by atoms with Gasteiger partial charge in [-0.3, -0.25) is 4.79 Å². The van der Waals surface area contributed by atoms with Crippen LogP contribution in [0.5, 0.6) is 0 Å². The van der Waals surface area contributed by atoms with E-state index in [1.807, 2.05) is 13.8 Å². The molecule has 21 heavy (non-hydrogen) atoms. The van der Waals surface area contributed by atoms with Crippen LogP contribution in [0.3, 0.4) is 0 Å². The van der Waals surface area contributed by atoms with E-state index < -0.39 is 15.6 Å². The van der Waals surface area contributed by atoms with E-state index in [2.05, 4.69) is 0 Å². The molecular weight excluding hydrogens is 290 g/mol. The lowest BCUT2D eigenvalue weighted by Gasteiger charge is -2.36. The summed E-state index contributed by atoms with van der Waals surface area (Å²) in [6.45, 7) is 5.68. The van der Waals surface area contributed by atoms with Gasteiger partial charge in [-0.05, 0) is 38.0 Å². The topological polar surface area (TPSA) is 63.7 Å². The van der Waals surface area contributed by atoms with Crippen LogP contribution in [0, 0.1) is 0 Å². The maximum atomic E-state index is 11.7. The van der Waals surface area contributed by atoms with Crippen LogP contribution in [0.4, 0.5) is 0 Å². The molecule has 1 rings (SSSR count). The van der Waals surface area contributed by atoms with Gasteiger partial charge in [0, 0.05) is 26.8 Å². The molecule has 0 aromatic heterocycles. The Morgan fingerprint density at radius 1 is 1.24 bits per heavy atom. The molecule has 0 bridgehead atoms. The van der Waals surface area contributed by atoms with Gasteiger partial charge < -0.3 is 9.64 Å². The number of hydrogen-bond acceptors (Lipinski definition) is 4. The number of sulfone groups is 1. The van der Waals surface area contributed by atoms with E-state index in [4.69, 9.17) is 4.74 Å². The minimum absolute atomic E-state index is 0.0605. The summed E-state index contributed by atoms with van der Waals surface area (Å²) in [6.07, 6.45) is 1.82. The number of rotatable bonds is 6. The third-order valence-corrected chi connectivity index (χ3v) is 4.63. The Hall–Kier alpha value is -1.40. The third-order valence-electron chi connectivity index (χ3n) is 3.51. The lowest BCUT2D eigenvalue weighted by atomic mass is 10.1. The first-order valence-electron chi connectivity index (χ1n) is 6.70. The predicted molar refractivity (Wildman–Crippen MR) is 81.7 cm³/mol. The van der Waals surface area contributed by atoms with Gasteiger partial charge in [-0.15, -0.1) is 0 Å². The molecule has 118 valence electrons. The molecule has 0 saturated carbocycles. The number of amides is 1. The Bertz CT molecular complexity index is 591. The number of benzene rings is 1. The highest BCUT2D eigenvalue weighted by Crippen LogP contribution is 2.17. The zero-order valence-corrected chi connectivity index (χ0v) is 14.0. The fourth-order valence-electron chi connectivity index (χ4n) is 2.06. The van der Waals surface area contributed by atoms with Gasteiger partial charge in [0.1, 0.15) is 5.72 Å². The van der Waals surface area contributed by atoms with E-state index in [0.717, 1.165) is 5.56 Å². The van der Waals surface area contributed by atoms with Crippen molar-refractivity contribution >= 4 is 15.7 Å². The molecule has 1 aromatic rings. The van der Waals surface area contributed by atoms with Gasteiger partial charge >= 0.3 is 0 Å². The number of carbonyl (C=O) groups is 1. The summed E-state index contributed by atoms with van der Waals surface area (Å²) in [4.78, 5) is 13.7. The Labute approximate surface area is 126 Å². The maximum absolute atomic E-state index is 11.7. The summed E-state index contributed by atoms with van der Waals surface area (Å²) < 4.78 is 28.1. The summed E-state index contributed by atoms with van der Waals surface area (Å²) in [5, 5.41) is 0. The fraction of sp³-hybridized carbons (Fsp3) is 0.533. The van der Waals surface area contributed by atoms with Gasteiger partial charge in [0.2, 0.25) is 5.91 Å². The van der Waals surface area contributed by atoms with Crippen molar-refractivity contribution in [2.24, 2.45) is 0 Å². The Balaban J connectivity index is 2.80. The van der Waals surface area contributed by atoms with Crippen molar-refractivity contribution in [2.45, 2.75) is 37.8 Å². The second-order valence-corrected chi connectivity index (χ2v) is 7.50. The summed E-state index contributed by atoms with van der Waals surface area (Å²) >= 11 is 0. The molecule has 1 amide bonds. The standard InChI is InChI=1S/C15H23NO4S/c1-12(17)16(15(2,3)20-4)11-10-13-6-8-14(9-7-13)21(5,18)19/h6-9H,10-11H2,1-5H3. The van der Waals surface area contributed by atoms with Crippen LogP contribution in [-0.2, 0) is 25.8 Å². The van der Waals surface area contributed by atoms with E-state index in [1.54, 1.807) is 36.3 Å². The summed E-state index contributed by atoms with van der Waals surface area (Å²) in [5.41, 5.74) is 0.305. The average Bonchev–Trinajstić information content (AvgIpc) is 2.37. The molecule has 0 fully saturated rings. The molecule has 0 saturated heterocycles. The smallest absolute Gasteiger partial charge is 0.221 e. The molecule has 0 N–H and O–H groups in total. The highest BCUT2D eigenvalue weighted by atomic mass is 32.2. The first kappa shape index (κ1) is 17.7. The minimum Gasteiger partial charge on any atom is -0.359 e. The summed E-state index contributed by atoms with van der Waals surface area (Å²) in [5.74, 6) is -0.0605. The quantitative estimate of drug-likeness (QED) is 0.752. The molecule has 0 atom stereocenters. The van der Waals surface area contributed by atoms with Gasteiger partial charge in [0.15, 0.2) is 9.84 Å². The van der Waals surface area contributed by atoms with Gasteiger partial charge in [0.05, 0.1) is 4.90 Å². The van der Waals surface area contributed by atoms with Crippen molar-refractivity contribution in [1.29, 1.82) is 0 Å². The van der Waals surface area contributed by atoms with Crippen molar-refractivity contribution < 1.29 is 17.9 Å². The van der Waals surface area contributed by atoms with Crippen LogP contribution >= 0.6 is 0 Å². The SMILES string of the molecule is COC(C)(C)N(CCc1ccc(S(C)(=O)=O)cc1)C(C)=O. The second kappa shape index (κ2) is 6.58. The first-order valence-corrected chi connectivity index (χ1v) is 8.59. The third kappa shape index (κ3) is 4.82.